The Morgan fingerprint density at radius 1 is 1.18 bits per heavy atom. The van der Waals surface area contributed by atoms with Crippen molar-refractivity contribution >= 4 is 23.5 Å². The summed E-state index contributed by atoms with van der Waals surface area (Å²) in [6, 6.07) is 7.25. The minimum atomic E-state index is -0.890. The van der Waals surface area contributed by atoms with Crippen molar-refractivity contribution in [3.05, 3.63) is 29.8 Å². The van der Waals surface area contributed by atoms with Gasteiger partial charge < -0.3 is 10.6 Å². The molecule has 1 aliphatic carbocycles. The molecule has 1 heterocycles. The molecule has 2 fully saturated rings. The Bertz CT molecular complexity index is 725. The van der Waals surface area contributed by atoms with E-state index in [0.29, 0.717) is 5.69 Å². The molecule has 6 nitrogen and oxygen atoms in total. The number of anilines is 1. The number of aryl methyl sites for hydroxylation is 1. The highest BCUT2D eigenvalue weighted by molar-refractivity contribution is 6.10. The lowest BCUT2D eigenvalue weighted by atomic mass is 9.75. The van der Waals surface area contributed by atoms with Crippen LogP contribution in [0.25, 0.3) is 0 Å². The third kappa shape index (κ3) is 4.37. The second kappa shape index (κ2) is 8.76. The summed E-state index contributed by atoms with van der Waals surface area (Å²) in [6.07, 6.45) is 8.52. The number of amides is 4. The molecule has 0 spiro atoms. The van der Waals surface area contributed by atoms with Crippen molar-refractivity contribution in [2.24, 2.45) is 5.92 Å². The molecule has 1 saturated heterocycles. The van der Waals surface area contributed by atoms with Gasteiger partial charge in [-0.1, -0.05) is 44.7 Å². The van der Waals surface area contributed by atoms with E-state index in [0.717, 1.165) is 49.8 Å². The van der Waals surface area contributed by atoms with E-state index in [1.54, 1.807) is 6.92 Å². The largest absolute Gasteiger partial charge is 0.325 e. The molecule has 3 rings (SSSR count). The maximum Gasteiger partial charge on any atom is 0.325 e. The van der Waals surface area contributed by atoms with Crippen LogP contribution in [0.1, 0.15) is 64.4 Å². The fraction of sp³-hybridized carbons (Fsp3) is 0.591. The number of rotatable bonds is 7. The predicted octanol–water partition coefficient (Wildman–Crippen LogP) is 3.86. The molecule has 6 heteroatoms. The highest BCUT2D eigenvalue weighted by Gasteiger charge is 2.52. The number of urea groups is 1. The Balaban J connectivity index is 1.59. The van der Waals surface area contributed by atoms with Crippen LogP contribution in [-0.4, -0.2) is 34.8 Å². The van der Waals surface area contributed by atoms with Crippen molar-refractivity contribution in [1.29, 1.82) is 0 Å². The summed E-state index contributed by atoms with van der Waals surface area (Å²) in [5.41, 5.74) is 1.02. The van der Waals surface area contributed by atoms with Crippen LogP contribution >= 0.6 is 0 Å². The number of unbranched alkanes of at least 4 members (excludes halogenated alkanes) is 1. The highest BCUT2D eigenvalue weighted by Crippen LogP contribution is 2.36. The number of nitrogens with zero attached hydrogens (tertiary/aromatic N) is 1. The molecule has 1 aromatic carbocycles. The molecule has 28 heavy (non-hydrogen) atoms. The highest BCUT2D eigenvalue weighted by atomic mass is 16.2. The van der Waals surface area contributed by atoms with E-state index in [-0.39, 0.29) is 24.3 Å². The van der Waals surface area contributed by atoms with Gasteiger partial charge in [0, 0.05) is 5.69 Å². The molecule has 0 radical (unpaired) electrons. The van der Waals surface area contributed by atoms with Crippen LogP contribution in [0.15, 0.2) is 24.3 Å². The van der Waals surface area contributed by atoms with Gasteiger partial charge in [0.1, 0.15) is 12.1 Å². The average molecular weight is 386 g/mol. The van der Waals surface area contributed by atoms with Crippen LogP contribution in [-0.2, 0) is 16.0 Å². The normalized spacial score (nSPS) is 23.0. The van der Waals surface area contributed by atoms with E-state index in [1.807, 2.05) is 24.3 Å². The fourth-order valence-electron chi connectivity index (χ4n) is 4.30. The zero-order chi connectivity index (χ0) is 20.1. The van der Waals surface area contributed by atoms with Gasteiger partial charge in [0.05, 0.1) is 0 Å². The Morgan fingerprint density at radius 2 is 1.86 bits per heavy atom. The van der Waals surface area contributed by atoms with E-state index in [2.05, 4.69) is 17.6 Å². The molecule has 0 bridgehead atoms. The minimum absolute atomic E-state index is 0.140. The second-order valence-electron chi connectivity index (χ2n) is 8.21. The van der Waals surface area contributed by atoms with E-state index in [1.165, 1.54) is 12.0 Å². The first-order chi connectivity index (χ1) is 13.4. The van der Waals surface area contributed by atoms with E-state index < -0.39 is 11.6 Å². The van der Waals surface area contributed by atoms with Gasteiger partial charge >= 0.3 is 6.03 Å². The van der Waals surface area contributed by atoms with Crippen LogP contribution in [0.5, 0.6) is 0 Å². The molecule has 1 saturated carbocycles. The molecule has 2 aliphatic rings. The zero-order valence-corrected chi connectivity index (χ0v) is 16.9. The van der Waals surface area contributed by atoms with E-state index in [9.17, 15) is 14.4 Å². The van der Waals surface area contributed by atoms with Gasteiger partial charge in [-0.3, -0.25) is 14.5 Å². The molecule has 152 valence electrons. The van der Waals surface area contributed by atoms with Crippen molar-refractivity contribution in [3.63, 3.8) is 0 Å². The summed E-state index contributed by atoms with van der Waals surface area (Å²) in [6.45, 7) is 3.70. The molecule has 1 aromatic rings. The number of nitrogens with one attached hydrogen (secondary N) is 2. The van der Waals surface area contributed by atoms with Gasteiger partial charge in [0.2, 0.25) is 5.91 Å². The average Bonchev–Trinajstić information content (AvgIpc) is 2.92. The van der Waals surface area contributed by atoms with Gasteiger partial charge in [-0.25, -0.2) is 4.79 Å². The van der Waals surface area contributed by atoms with E-state index >= 15 is 0 Å². The second-order valence-corrected chi connectivity index (χ2v) is 8.21. The number of hydrogen-bond donors (Lipinski definition) is 2. The third-order valence-electron chi connectivity index (χ3n) is 6.08. The maximum atomic E-state index is 12.9. The molecule has 1 aliphatic heterocycles. The number of benzene rings is 1. The topological polar surface area (TPSA) is 78.5 Å². The molecule has 4 amide bonds. The summed E-state index contributed by atoms with van der Waals surface area (Å²) >= 11 is 0. The summed E-state index contributed by atoms with van der Waals surface area (Å²) < 4.78 is 0. The zero-order valence-electron chi connectivity index (χ0n) is 16.9. The molecular formula is C22H31N3O3. The Hall–Kier alpha value is -2.37. The number of carbonyl (C=O) groups excluding carboxylic acids is 3. The number of imide groups is 1. The summed E-state index contributed by atoms with van der Waals surface area (Å²) in [7, 11) is 0. The van der Waals surface area contributed by atoms with Crippen LogP contribution in [0, 0.1) is 5.92 Å². The molecule has 0 unspecified atom stereocenters. The fourth-order valence-corrected chi connectivity index (χ4v) is 4.30. The summed E-state index contributed by atoms with van der Waals surface area (Å²) in [4.78, 5) is 38.8. The first-order valence-corrected chi connectivity index (χ1v) is 10.5. The lowest BCUT2D eigenvalue weighted by Crippen LogP contribution is -2.51. The summed E-state index contributed by atoms with van der Waals surface area (Å²) in [5.74, 6) is -0.506. The number of carbonyl (C=O) groups is 3. The van der Waals surface area contributed by atoms with Gasteiger partial charge in [-0.2, -0.15) is 0 Å². The maximum absolute atomic E-state index is 12.9. The van der Waals surface area contributed by atoms with Crippen LogP contribution in [0.4, 0.5) is 10.5 Å². The predicted molar refractivity (Wildman–Crippen MR) is 109 cm³/mol. The minimum Gasteiger partial charge on any atom is -0.325 e. The van der Waals surface area contributed by atoms with E-state index in [4.69, 9.17) is 0 Å². The van der Waals surface area contributed by atoms with Gasteiger partial charge in [0.25, 0.3) is 5.91 Å². The summed E-state index contributed by atoms with van der Waals surface area (Å²) in [5, 5.41) is 5.64. The monoisotopic (exact) mass is 385 g/mol. The van der Waals surface area contributed by atoms with Crippen molar-refractivity contribution in [3.8, 4) is 0 Å². The Morgan fingerprint density at radius 3 is 2.50 bits per heavy atom. The van der Waals surface area contributed by atoms with Crippen LogP contribution in [0.2, 0.25) is 0 Å². The first kappa shape index (κ1) is 20.4. The first-order valence-electron chi connectivity index (χ1n) is 10.5. The van der Waals surface area contributed by atoms with Gasteiger partial charge in [0.15, 0.2) is 0 Å². The smallest absolute Gasteiger partial charge is 0.325 e. The van der Waals surface area contributed by atoms with Crippen LogP contribution < -0.4 is 10.6 Å². The number of hydrogen-bond acceptors (Lipinski definition) is 3. The molecule has 2 N–H and O–H groups in total. The lowest BCUT2D eigenvalue weighted by Gasteiger charge is -2.34. The molecule has 1 atom stereocenters. The van der Waals surface area contributed by atoms with Gasteiger partial charge in [-0.05, 0) is 56.2 Å². The van der Waals surface area contributed by atoms with Crippen molar-refractivity contribution in [2.45, 2.75) is 70.8 Å². The Labute approximate surface area is 167 Å². The van der Waals surface area contributed by atoms with Crippen molar-refractivity contribution in [1.82, 2.24) is 10.2 Å². The third-order valence-corrected chi connectivity index (χ3v) is 6.08. The lowest BCUT2D eigenvalue weighted by molar-refractivity contribution is -0.135. The standard InChI is InChI=1S/C22H31N3O3/c1-3-4-8-16-11-13-18(14-12-16)23-19(26)15-25-20(27)22(2,24-21(25)28)17-9-6-5-7-10-17/h11-14,17H,3-10,15H2,1-2H3,(H,23,26)(H,24,28)/t22-/m1/s1. The van der Waals surface area contributed by atoms with Crippen molar-refractivity contribution < 1.29 is 14.4 Å². The quantitative estimate of drug-likeness (QED) is 0.700. The SMILES string of the molecule is CCCCc1ccc(NC(=O)CN2C(=O)N[C@](C)(C3CCCCC3)C2=O)cc1. The van der Waals surface area contributed by atoms with Crippen LogP contribution in [0.3, 0.4) is 0 Å². The molecular weight excluding hydrogens is 354 g/mol. The molecule has 0 aromatic heterocycles. The Kier molecular flexibility index (Phi) is 6.37. The van der Waals surface area contributed by atoms with Gasteiger partial charge in [-0.15, -0.1) is 0 Å². The van der Waals surface area contributed by atoms with Crippen molar-refractivity contribution in [2.75, 3.05) is 11.9 Å².